The summed E-state index contributed by atoms with van der Waals surface area (Å²) in [6.45, 7) is 4.94. The van der Waals surface area contributed by atoms with E-state index in [9.17, 15) is 13.2 Å². The minimum absolute atomic E-state index is 0.749. The molecule has 0 fully saturated rings. The van der Waals surface area contributed by atoms with Gasteiger partial charge in [0, 0.05) is 12.1 Å². The van der Waals surface area contributed by atoms with Gasteiger partial charge in [-0.15, -0.1) is 8.42 Å². The molecule has 1 N–H and O–H groups in total. The third-order valence-electron chi connectivity index (χ3n) is 1.58. The molecule has 1 rings (SSSR count). The van der Waals surface area contributed by atoms with Crippen molar-refractivity contribution in [2.45, 2.75) is 26.4 Å². The van der Waals surface area contributed by atoms with E-state index in [0.717, 1.165) is 3.97 Å². The van der Waals surface area contributed by atoms with Crippen LogP contribution in [-0.2, 0) is 14.9 Å². The van der Waals surface area contributed by atoms with Crippen molar-refractivity contribution in [3.8, 4) is 0 Å². The summed E-state index contributed by atoms with van der Waals surface area (Å²) in [5.74, 6) is 0. The predicted octanol–water partition coefficient (Wildman–Crippen LogP) is 0.592. The fourth-order valence-corrected chi connectivity index (χ4v) is 1.82. The molecule has 0 bridgehead atoms. The average molecular weight is 259 g/mol. The van der Waals surface area contributed by atoms with Crippen molar-refractivity contribution in [3.05, 3.63) is 30.6 Å². The highest BCUT2D eigenvalue weighted by molar-refractivity contribution is 7.83. The van der Waals surface area contributed by atoms with Crippen LogP contribution in [0.5, 0.6) is 0 Å². The molecule has 1 amide bonds. The lowest BCUT2D eigenvalue weighted by atomic mass is 10.2. The zero-order chi connectivity index (χ0) is 13.1. The number of amides is 1. The number of nitrogens with zero attached hydrogens (tertiary/aromatic N) is 1. The first-order valence-corrected chi connectivity index (χ1v) is 6.37. The molecular formula is C10H15N2O4S+. The number of pyridine rings is 1. The zero-order valence-electron chi connectivity index (χ0n) is 9.88. The number of carbonyl (C=O) groups excluding carboxylic acids is 1. The Morgan fingerprint density at radius 1 is 1.18 bits per heavy atom. The molecule has 0 unspecified atom stereocenters. The third kappa shape index (κ3) is 4.39. The highest BCUT2D eigenvalue weighted by Gasteiger charge is 2.27. The summed E-state index contributed by atoms with van der Waals surface area (Å²) in [5.41, 5.74) is -0.749. The van der Waals surface area contributed by atoms with Gasteiger partial charge in [-0.25, -0.2) is 4.79 Å². The van der Waals surface area contributed by atoms with Crippen molar-refractivity contribution >= 4 is 16.3 Å². The van der Waals surface area contributed by atoms with Gasteiger partial charge in [0.1, 0.15) is 5.60 Å². The van der Waals surface area contributed by atoms with Gasteiger partial charge in [-0.2, -0.15) is 4.72 Å². The molecule has 0 atom stereocenters. The summed E-state index contributed by atoms with van der Waals surface area (Å²) in [6, 6.07) is 4.74. The lowest BCUT2D eigenvalue weighted by Gasteiger charge is -2.18. The van der Waals surface area contributed by atoms with Crippen molar-refractivity contribution in [2.75, 3.05) is 0 Å². The molecule has 1 aromatic heterocycles. The van der Waals surface area contributed by atoms with Crippen molar-refractivity contribution in [1.29, 1.82) is 0 Å². The monoisotopic (exact) mass is 259 g/mol. The molecule has 1 aromatic rings. The molecule has 17 heavy (non-hydrogen) atoms. The highest BCUT2D eigenvalue weighted by Crippen LogP contribution is 2.06. The molecule has 0 radical (unpaired) electrons. The van der Waals surface area contributed by atoms with Crippen molar-refractivity contribution in [3.63, 3.8) is 0 Å². The number of hydrogen-bond acceptors (Lipinski definition) is 4. The van der Waals surface area contributed by atoms with Crippen LogP contribution in [0.3, 0.4) is 0 Å². The summed E-state index contributed by atoms with van der Waals surface area (Å²) >= 11 is 0. The van der Waals surface area contributed by atoms with Crippen molar-refractivity contribution < 1.29 is 21.9 Å². The lowest BCUT2D eigenvalue weighted by molar-refractivity contribution is -0.512. The Balaban J connectivity index is 2.79. The van der Waals surface area contributed by atoms with Crippen LogP contribution in [0.15, 0.2) is 30.6 Å². The van der Waals surface area contributed by atoms with E-state index in [1.807, 2.05) is 0 Å². The van der Waals surface area contributed by atoms with E-state index < -0.39 is 21.9 Å². The van der Waals surface area contributed by atoms with Crippen LogP contribution in [0.1, 0.15) is 20.8 Å². The highest BCUT2D eigenvalue weighted by atomic mass is 32.2. The van der Waals surface area contributed by atoms with Gasteiger partial charge in [-0.3, -0.25) is 0 Å². The summed E-state index contributed by atoms with van der Waals surface area (Å²) in [4.78, 5) is 11.3. The second kappa shape index (κ2) is 4.70. The molecule has 6 nitrogen and oxygen atoms in total. The number of aromatic nitrogens is 1. The Morgan fingerprint density at radius 3 is 2.18 bits per heavy atom. The summed E-state index contributed by atoms with van der Waals surface area (Å²) < 4.78 is 30.9. The summed E-state index contributed by atoms with van der Waals surface area (Å²) in [5, 5.41) is 0. The Morgan fingerprint density at radius 2 is 1.71 bits per heavy atom. The van der Waals surface area contributed by atoms with Crippen LogP contribution < -0.4 is 8.69 Å². The molecule has 0 aliphatic carbocycles. The first-order valence-electron chi connectivity index (χ1n) is 4.93. The van der Waals surface area contributed by atoms with Crippen LogP contribution in [0.25, 0.3) is 0 Å². The van der Waals surface area contributed by atoms with E-state index in [1.165, 1.54) is 24.5 Å². The molecule has 0 spiro atoms. The van der Waals surface area contributed by atoms with Crippen LogP contribution in [0, 0.1) is 0 Å². The van der Waals surface area contributed by atoms with Crippen LogP contribution in [-0.4, -0.2) is 20.1 Å². The van der Waals surface area contributed by atoms with Crippen molar-refractivity contribution in [2.24, 2.45) is 0 Å². The molecule has 1 heterocycles. The molecule has 0 aliphatic heterocycles. The fourth-order valence-electron chi connectivity index (χ4n) is 1.00. The van der Waals surface area contributed by atoms with Gasteiger partial charge < -0.3 is 4.74 Å². The lowest BCUT2D eigenvalue weighted by Crippen LogP contribution is -2.52. The number of nitrogens with one attached hydrogen (secondary N) is 1. The molecule has 94 valence electrons. The number of hydrogen-bond donors (Lipinski definition) is 1. The fraction of sp³-hybridized carbons (Fsp3) is 0.400. The van der Waals surface area contributed by atoms with E-state index in [2.05, 4.69) is 0 Å². The summed E-state index contributed by atoms with van der Waals surface area (Å²) in [6.07, 6.45) is 1.62. The van der Waals surface area contributed by atoms with E-state index in [0.29, 0.717) is 0 Å². The van der Waals surface area contributed by atoms with Gasteiger partial charge in [-0.1, -0.05) is 10.0 Å². The van der Waals surface area contributed by atoms with Gasteiger partial charge in [-0.05, 0) is 20.8 Å². The Bertz CT molecular complexity index is 491. The second-order valence-corrected chi connectivity index (χ2v) is 5.89. The number of carbonyl (C=O) groups is 1. The smallest absolute Gasteiger partial charge is 0.443 e. The maximum Gasteiger partial charge on any atom is 0.474 e. The average Bonchev–Trinajstić information content (AvgIpc) is 2.15. The normalized spacial score (nSPS) is 11.9. The van der Waals surface area contributed by atoms with Gasteiger partial charge in [0.2, 0.25) is 0 Å². The van der Waals surface area contributed by atoms with E-state index in [-0.39, 0.29) is 0 Å². The Kier molecular flexibility index (Phi) is 3.72. The maximum atomic E-state index is 11.7. The minimum Gasteiger partial charge on any atom is -0.443 e. The first-order chi connectivity index (χ1) is 7.71. The molecule has 0 saturated carbocycles. The van der Waals surface area contributed by atoms with E-state index in [4.69, 9.17) is 4.74 Å². The molecule has 0 aromatic carbocycles. The Hall–Kier alpha value is -1.63. The van der Waals surface area contributed by atoms with Crippen LogP contribution >= 0.6 is 0 Å². The van der Waals surface area contributed by atoms with Gasteiger partial charge >= 0.3 is 16.3 Å². The quantitative estimate of drug-likeness (QED) is 0.789. The van der Waals surface area contributed by atoms with E-state index in [1.54, 1.807) is 31.6 Å². The zero-order valence-corrected chi connectivity index (χ0v) is 10.7. The van der Waals surface area contributed by atoms with Crippen LogP contribution in [0.4, 0.5) is 4.79 Å². The SMILES string of the molecule is CC(C)(C)OC(=O)NS(=O)(=O)[n+]1ccccc1. The molecule has 0 aliphatic rings. The number of rotatable bonds is 2. The van der Waals surface area contributed by atoms with Crippen molar-refractivity contribution in [1.82, 2.24) is 4.72 Å². The van der Waals surface area contributed by atoms with Crippen LogP contribution in [0.2, 0.25) is 0 Å². The van der Waals surface area contributed by atoms with Gasteiger partial charge in [0.25, 0.3) is 0 Å². The first kappa shape index (κ1) is 13.4. The summed E-state index contributed by atoms with van der Waals surface area (Å²) in [7, 11) is -3.94. The molecular weight excluding hydrogens is 244 g/mol. The topological polar surface area (TPSA) is 76.3 Å². The largest absolute Gasteiger partial charge is 0.474 e. The van der Waals surface area contributed by atoms with Gasteiger partial charge in [0.05, 0.1) is 0 Å². The Labute approximate surface area is 100 Å². The molecule has 7 heteroatoms. The minimum atomic E-state index is -3.94. The predicted molar refractivity (Wildman–Crippen MR) is 60.3 cm³/mol. The number of ether oxygens (including phenoxy) is 1. The maximum absolute atomic E-state index is 11.7. The van der Waals surface area contributed by atoms with E-state index >= 15 is 0 Å². The third-order valence-corrected chi connectivity index (χ3v) is 2.80. The second-order valence-electron chi connectivity index (χ2n) is 4.31. The standard InChI is InChI=1S/C10H14N2O4S/c1-10(2,3)16-9(13)11-17(14,15)12-7-5-4-6-8-12/h4-8H,1-3H3/p+1. The van der Waals surface area contributed by atoms with Gasteiger partial charge in [0.15, 0.2) is 12.4 Å². The molecule has 0 saturated heterocycles.